The molecule has 0 aromatic heterocycles. The fourth-order valence-electron chi connectivity index (χ4n) is 1.25. The molecular weight excluding hydrogens is 158 g/mol. The third kappa shape index (κ3) is 2.00. The molecule has 0 radical (unpaired) electrons. The van der Waals surface area contributed by atoms with E-state index in [-0.39, 0.29) is 0 Å². The first-order chi connectivity index (χ1) is 6.16. The molecule has 1 aromatic rings. The van der Waals surface area contributed by atoms with E-state index in [4.69, 9.17) is 0 Å². The lowest BCUT2D eigenvalue weighted by atomic mass is 10.1. The Morgan fingerprint density at radius 2 is 1.92 bits per heavy atom. The predicted molar refractivity (Wildman–Crippen MR) is 60.0 cm³/mol. The highest BCUT2D eigenvalue weighted by Gasteiger charge is 2.03. The molecule has 0 aliphatic heterocycles. The summed E-state index contributed by atoms with van der Waals surface area (Å²) in [5, 5.41) is 0. The maximum Gasteiger partial charge on any atom is 0.0440 e. The highest BCUT2D eigenvalue weighted by molar-refractivity contribution is 5.80. The van der Waals surface area contributed by atoms with Crippen LogP contribution in [0.25, 0.3) is 5.57 Å². The number of para-hydroxylation sites is 1. The molecule has 0 bridgehead atoms. The normalized spacial score (nSPS) is 9.38. The molecule has 0 atom stereocenters. The highest BCUT2D eigenvalue weighted by atomic mass is 15.1. The van der Waals surface area contributed by atoms with Gasteiger partial charge in [0, 0.05) is 25.3 Å². The quantitative estimate of drug-likeness (QED) is 0.635. The van der Waals surface area contributed by atoms with Gasteiger partial charge in [0.2, 0.25) is 0 Å². The second-order valence-electron chi connectivity index (χ2n) is 3.14. The van der Waals surface area contributed by atoms with E-state index in [0.29, 0.717) is 0 Å². The van der Waals surface area contributed by atoms with Gasteiger partial charge in [-0.25, -0.2) is 0 Å². The zero-order valence-electron chi connectivity index (χ0n) is 8.25. The Bertz CT molecular complexity index is 324. The number of rotatable bonds is 3. The van der Waals surface area contributed by atoms with Crippen LogP contribution in [0.15, 0.2) is 43.5 Å². The van der Waals surface area contributed by atoms with E-state index < -0.39 is 0 Å². The van der Waals surface area contributed by atoms with Crippen molar-refractivity contribution < 1.29 is 0 Å². The molecule has 0 aliphatic carbocycles. The Morgan fingerprint density at radius 1 is 1.31 bits per heavy atom. The van der Waals surface area contributed by atoms with E-state index in [9.17, 15) is 0 Å². The highest BCUT2D eigenvalue weighted by Crippen LogP contribution is 2.24. The van der Waals surface area contributed by atoms with Gasteiger partial charge in [-0.1, -0.05) is 37.4 Å². The number of hydrogen-bond acceptors (Lipinski definition) is 1. The van der Waals surface area contributed by atoms with Crippen LogP contribution in [0.3, 0.4) is 0 Å². The predicted octanol–water partition coefficient (Wildman–Crippen LogP) is 2.95. The maximum atomic E-state index is 3.94. The summed E-state index contributed by atoms with van der Waals surface area (Å²) < 4.78 is 0. The van der Waals surface area contributed by atoms with Gasteiger partial charge in [0.15, 0.2) is 0 Å². The Labute approximate surface area is 80.0 Å². The van der Waals surface area contributed by atoms with Crippen LogP contribution in [-0.2, 0) is 0 Å². The molecule has 0 unspecified atom stereocenters. The van der Waals surface area contributed by atoms with E-state index in [1.807, 2.05) is 26.2 Å². The van der Waals surface area contributed by atoms with Crippen LogP contribution in [0.4, 0.5) is 5.69 Å². The molecule has 0 saturated heterocycles. The molecule has 68 valence electrons. The first kappa shape index (κ1) is 9.59. The number of hydrogen-bond donors (Lipinski definition) is 0. The van der Waals surface area contributed by atoms with Gasteiger partial charge in [0.25, 0.3) is 0 Å². The monoisotopic (exact) mass is 173 g/mol. The zero-order valence-corrected chi connectivity index (χ0v) is 8.25. The average Bonchev–Trinajstić information content (AvgIpc) is 2.16. The molecule has 0 spiro atoms. The minimum Gasteiger partial charge on any atom is -0.377 e. The molecule has 1 rings (SSSR count). The molecule has 0 N–H and O–H groups in total. The third-order valence-corrected chi connectivity index (χ3v) is 1.98. The van der Waals surface area contributed by atoms with E-state index in [1.54, 1.807) is 6.08 Å². The van der Waals surface area contributed by atoms with Gasteiger partial charge in [0.05, 0.1) is 0 Å². The van der Waals surface area contributed by atoms with Gasteiger partial charge in [-0.05, 0) is 11.6 Å². The summed E-state index contributed by atoms with van der Waals surface area (Å²) in [6.45, 7) is 7.66. The van der Waals surface area contributed by atoms with Gasteiger partial charge < -0.3 is 4.90 Å². The van der Waals surface area contributed by atoms with Gasteiger partial charge in [-0.3, -0.25) is 0 Å². The molecule has 0 amide bonds. The van der Waals surface area contributed by atoms with Crippen molar-refractivity contribution >= 4 is 11.3 Å². The lowest BCUT2D eigenvalue weighted by Gasteiger charge is -2.17. The Morgan fingerprint density at radius 3 is 2.46 bits per heavy atom. The van der Waals surface area contributed by atoms with E-state index >= 15 is 0 Å². The number of allylic oxidation sites excluding steroid dienone is 2. The van der Waals surface area contributed by atoms with Crippen molar-refractivity contribution in [3.05, 3.63) is 49.1 Å². The molecule has 1 aromatic carbocycles. The maximum absolute atomic E-state index is 3.94. The first-order valence-corrected chi connectivity index (χ1v) is 4.25. The van der Waals surface area contributed by atoms with Crippen LogP contribution in [0, 0.1) is 0 Å². The van der Waals surface area contributed by atoms with E-state index in [1.165, 1.54) is 5.69 Å². The summed E-state index contributed by atoms with van der Waals surface area (Å²) in [4.78, 5) is 2.07. The lowest BCUT2D eigenvalue weighted by molar-refractivity contribution is 1.13. The van der Waals surface area contributed by atoms with Gasteiger partial charge in [-0.2, -0.15) is 0 Å². The molecule has 0 heterocycles. The molecule has 0 saturated carbocycles. The molecule has 1 heteroatoms. The van der Waals surface area contributed by atoms with Crippen molar-refractivity contribution in [3.8, 4) is 0 Å². The summed E-state index contributed by atoms with van der Waals surface area (Å²) in [5.74, 6) is 0. The molecule has 0 fully saturated rings. The van der Waals surface area contributed by atoms with Crippen molar-refractivity contribution in [2.75, 3.05) is 19.0 Å². The van der Waals surface area contributed by atoms with Crippen molar-refractivity contribution in [1.82, 2.24) is 0 Å². The lowest BCUT2D eigenvalue weighted by Crippen LogP contribution is -2.10. The van der Waals surface area contributed by atoms with Gasteiger partial charge in [0.1, 0.15) is 0 Å². The smallest absolute Gasteiger partial charge is 0.0440 e. The fraction of sp³-hybridized carbons (Fsp3) is 0.167. The topological polar surface area (TPSA) is 3.24 Å². The standard InChI is InChI=1S/C12H15N/c1-5-10(2)11-8-6-7-9-12(11)13(3)4/h5-9H,1-2H2,3-4H3. The third-order valence-electron chi connectivity index (χ3n) is 1.98. The van der Waals surface area contributed by atoms with E-state index in [2.05, 4.69) is 30.2 Å². The second kappa shape index (κ2) is 3.94. The van der Waals surface area contributed by atoms with Crippen LogP contribution in [0.2, 0.25) is 0 Å². The van der Waals surface area contributed by atoms with E-state index in [0.717, 1.165) is 11.1 Å². The fourth-order valence-corrected chi connectivity index (χ4v) is 1.25. The van der Waals surface area contributed by atoms with Crippen molar-refractivity contribution in [2.45, 2.75) is 0 Å². The van der Waals surface area contributed by atoms with Crippen LogP contribution < -0.4 is 4.90 Å². The number of anilines is 1. The van der Waals surface area contributed by atoms with Crippen LogP contribution >= 0.6 is 0 Å². The molecule has 0 aliphatic rings. The number of benzene rings is 1. The van der Waals surface area contributed by atoms with Crippen LogP contribution in [0.5, 0.6) is 0 Å². The summed E-state index contributed by atoms with van der Waals surface area (Å²) in [6, 6.07) is 8.16. The summed E-state index contributed by atoms with van der Waals surface area (Å²) in [5.41, 5.74) is 3.28. The average molecular weight is 173 g/mol. The summed E-state index contributed by atoms with van der Waals surface area (Å²) >= 11 is 0. The van der Waals surface area contributed by atoms with Crippen LogP contribution in [0.1, 0.15) is 5.56 Å². The SMILES string of the molecule is C=CC(=C)c1ccccc1N(C)C. The van der Waals surface area contributed by atoms with Crippen molar-refractivity contribution in [3.63, 3.8) is 0 Å². The summed E-state index contributed by atoms with van der Waals surface area (Å²) in [6.07, 6.45) is 1.78. The second-order valence-corrected chi connectivity index (χ2v) is 3.14. The van der Waals surface area contributed by atoms with Crippen LogP contribution in [-0.4, -0.2) is 14.1 Å². The minimum absolute atomic E-state index is 0.962. The number of nitrogens with zero attached hydrogens (tertiary/aromatic N) is 1. The Hall–Kier alpha value is -1.50. The molecular formula is C12H15N. The van der Waals surface area contributed by atoms with Crippen molar-refractivity contribution in [1.29, 1.82) is 0 Å². The molecule has 1 nitrogen and oxygen atoms in total. The Kier molecular flexibility index (Phi) is 2.91. The first-order valence-electron chi connectivity index (χ1n) is 4.25. The zero-order chi connectivity index (χ0) is 9.84. The van der Waals surface area contributed by atoms with Gasteiger partial charge in [-0.15, -0.1) is 0 Å². The Balaban J connectivity index is 3.19. The largest absolute Gasteiger partial charge is 0.377 e. The molecule has 13 heavy (non-hydrogen) atoms. The summed E-state index contributed by atoms with van der Waals surface area (Å²) in [7, 11) is 4.05. The van der Waals surface area contributed by atoms with Crippen molar-refractivity contribution in [2.24, 2.45) is 0 Å². The minimum atomic E-state index is 0.962. The van der Waals surface area contributed by atoms with Gasteiger partial charge >= 0.3 is 0 Å².